The van der Waals surface area contributed by atoms with Crippen molar-refractivity contribution >= 4 is 5.78 Å². The van der Waals surface area contributed by atoms with Crippen LogP contribution in [0.1, 0.15) is 50.5 Å². The van der Waals surface area contributed by atoms with E-state index in [2.05, 4.69) is 12.1 Å². The Morgan fingerprint density at radius 1 is 1.10 bits per heavy atom. The number of allylic oxidation sites excluding steroid dienone is 2. The van der Waals surface area contributed by atoms with Crippen LogP contribution in [0.5, 0.6) is 5.75 Å². The average Bonchev–Trinajstić information content (AvgIpc) is 2.66. The fraction of sp³-hybridized carbons (Fsp3) is 0.500. The molecular weight excluding hydrogens is 248 g/mol. The van der Waals surface area contributed by atoms with E-state index < -0.39 is 0 Å². The van der Waals surface area contributed by atoms with Crippen LogP contribution in [0, 0.1) is 5.92 Å². The van der Waals surface area contributed by atoms with Crippen LogP contribution >= 0.6 is 0 Å². The molecule has 2 atom stereocenters. The summed E-state index contributed by atoms with van der Waals surface area (Å²) in [5.74, 6) is 1.69. The zero-order chi connectivity index (χ0) is 14.1. The number of methoxy groups -OCH3 is 1. The van der Waals surface area contributed by atoms with Gasteiger partial charge in [-0.1, -0.05) is 30.5 Å². The van der Waals surface area contributed by atoms with Crippen LogP contribution in [0.3, 0.4) is 0 Å². The zero-order valence-corrected chi connectivity index (χ0v) is 12.3. The van der Waals surface area contributed by atoms with E-state index in [4.69, 9.17) is 4.74 Å². The minimum atomic E-state index is 0.0500. The Morgan fingerprint density at radius 3 is 2.55 bits per heavy atom. The van der Waals surface area contributed by atoms with Gasteiger partial charge in [-0.2, -0.15) is 0 Å². The van der Waals surface area contributed by atoms with Gasteiger partial charge in [-0.3, -0.25) is 4.79 Å². The van der Waals surface area contributed by atoms with Gasteiger partial charge in [0.2, 0.25) is 0 Å². The molecule has 1 aromatic carbocycles. The van der Waals surface area contributed by atoms with E-state index in [1.165, 1.54) is 24.8 Å². The molecule has 106 valence electrons. The number of ketones is 1. The molecule has 0 aromatic heterocycles. The van der Waals surface area contributed by atoms with Gasteiger partial charge in [0.25, 0.3) is 0 Å². The molecule has 0 bridgehead atoms. The molecule has 1 saturated carbocycles. The molecule has 2 aliphatic rings. The predicted octanol–water partition coefficient (Wildman–Crippen LogP) is 4.26. The molecule has 2 heteroatoms. The fourth-order valence-electron chi connectivity index (χ4n) is 3.82. The number of hydrogen-bond donors (Lipinski definition) is 0. The first-order chi connectivity index (χ1) is 9.72. The molecule has 0 heterocycles. The van der Waals surface area contributed by atoms with Crippen LogP contribution in [0.15, 0.2) is 35.4 Å². The molecule has 1 aromatic rings. The quantitative estimate of drug-likeness (QED) is 0.802. The highest BCUT2D eigenvalue weighted by Gasteiger charge is 2.40. The van der Waals surface area contributed by atoms with Crippen molar-refractivity contribution in [3.63, 3.8) is 0 Å². The third-order valence-corrected chi connectivity index (χ3v) is 4.92. The smallest absolute Gasteiger partial charge is 0.166 e. The lowest BCUT2D eigenvalue weighted by molar-refractivity contribution is -0.116. The van der Waals surface area contributed by atoms with Gasteiger partial charge in [0.05, 0.1) is 13.0 Å². The van der Waals surface area contributed by atoms with Crippen molar-refractivity contribution in [2.75, 3.05) is 7.11 Å². The zero-order valence-electron chi connectivity index (χ0n) is 12.3. The van der Waals surface area contributed by atoms with Crippen LogP contribution in [0.4, 0.5) is 0 Å². The Hall–Kier alpha value is -1.57. The fourth-order valence-corrected chi connectivity index (χ4v) is 3.82. The molecule has 0 unspecified atom stereocenters. The molecule has 0 saturated heterocycles. The average molecular weight is 270 g/mol. The summed E-state index contributed by atoms with van der Waals surface area (Å²) in [4.78, 5) is 12.6. The first-order valence-electron chi connectivity index (χ1n) is 7.60. The van der Waals surface area contributed by atoms with Gasteiger partial charge in [-0.25, -0.2) is 0 Å². The standard InChI is InChI=1S/C18H22O2/c1-12-15-6-4-3-5-7-16(15)17(18(12)19)13-8-10-14(20-2)11-9-13/h8-11,16-17H,3-7H2,1-2H3/t16-,17+/m0/s1. The van der Waals surface area contributed by atoms with E-state index in [0.717, 1.165) is 29.7 Å². The van der Waals surface area contributed by atoms with E-state index in [0.29, 0.717) is 11.7 Å². The van der Waals surface area contributed by atoms with Crippen molar-refractivity contribution in [2.24, 2.45) is 5.92 Å². The van der Waals surface area contributed by atoms with Gasteiger partial charge in [-0.05, 0) is 55.4 Å². The largest absolute Gasteiger partial charge is 0.497 e. The minimum Gasteiger partial charge on any atom is -0.497 e. The van der Waals surface area contributed by atoms with Crippen molar-refractivity contribution in [1.29, 1.82) is 0 Å². The molecule has 0 radical (unpaired) electrons. The number of carbonyl (C=O) groups is 1. The maximum atomic E-state index is 12.6. The molecule has 1 fully saturated rings. The Labute approximate surface area is 120 Å². The molecule has 0 amide bonds. The Kier molecular flexibility index (Phi) is 3.64. The summed E-state index contributed by atoms with van der Waals surface area (Å²) < 4.78 is 5.21. The van der Waals surface area contributed by atoms with Gasteiger partial charge in [-0.15, -0.1) is 0 Å². The number of benzene rings is 1. The van der Waals surface area contributed by atoms with Crippen molar-refractivity contribution in [3.8, 4) is 5.75 Å². The van der Waals surface area contributed by atoms with E-state index in [1.807, 2.05) is 19.1 Å². The van der Waals surface area contributed by atoms with E-state index in [9.17, 15) is 4.79 Å². The maximum Gasteiger partial charge on any atom is 0.166 e. The predicted molar refractivity (Wildman–Crippen MR) is 80.0 cm³/mol. The van der Waals surface area contributed by atoms with Crippen molar-refractivity contribution in [2.45, 2.75) is 44.9 Å². The molecule has 0 spiro atoms. The van der Waals surface area contributed by atoms with Gasteiger partial charge in [0.15, 0.2) is 5.78 Å². The summed E-state index contributed by atoms with van der Waals surface area (Å²) in [5, 5.41) is 0. The molecular formula is C18H22O2. The minimum absolute atomic E-state index is 0.0500. The number of ether oxygens (including phenoxy) is 1. The lowest BCUT2D eigenvalue weighted by Crippen LogP contribution is -2.15. The second kappa shape index (κ2) is 5.43. The van der Waals surface area contributed by atoms with Crippen LogP contribution in [0.2, 0.25) is 0 Å². The van der Waals surface area contributed by atoms with Gasteiger partial charge in [0.1, 0.15) is 5.75 Å². The Morgan fingerprint density at radius 2 is 1.85 bits per heavy atom. The van der Waals surface area contributed by atoms with Gasteiger partial charge in [0, 0.05) is 0 Å². The highest BCUT2D eigenvalue weighted by atomic mass is 16.5. The SMILES string of the molecule is COc1ccc([C@H]2C(=O)C(C)=C3CCCCC[C@@H]32)cc1. The number of carbonyl (C=O) groups excluding carboxylic acids is 1. The van der Waals surface area contributed by atoms with Gasteiger partial charge < -0.3 is 4.74 Å². The second-order valence-corrected chi connectivity index (χ2v) is 5.97. The summed E-state index contributed by atoms with van der Waals surface area (Å²) >= 11 is 0. The van der Waals surface area contributed by atoms with E-state index in [-0.39, 0.29) is 5.92 Å². The lowest BCUT2D eigenvalue weighted by Gasteiger charge is -2.20. The van der Waals surface area contributed by atoms with Crippen molar-refractivity contribution in [1.82, 2.24) is 0 Å². The second-order valence-electron chi connectivity index (χ2n) is 5.97. The highest BCUT2D eigenvalue weighted by Crippen LogP contribution is 2.47. The van der Waals surface area contributed by atoms with Gasteiger partial charge >= 0.3 is 0 Å². The van der Waals surface area contributed by atoms with Crippen LogP contribution in [-0.2, 0) is 4.79 Å². The van der Waals surface area contributed by atoms with E-state index in [1.54, 1.807) is 7.11 Å². The van der Waals surface area contributed by atoms with Crippen LogP contribution in [0.25, 0.3) is 0 Å². The molecule has 20 heavy (non-hydrogen) atoms. The topological polar surface area (TPSA) is 26.3 Å². The highest BCUT2D eigenvalue weighted by molar-refractivity contribution is 6.03. The third kappa shape index (κ3) is 2.17. The molecule has 2 aliphatic carbocycles. The molecule has 0 N–H and O–H groups in total. The Bertz CT molecular complexity index is 539. The van der Waals surface area contributed by atoms with Crippen molar-refractivity contribution in [3.05, 3.63) is 41.0 Å². The summed E-state index contributed by atoms with van der Waals surface area (Å²) in [6.07, 6.45) is 6.08. The number of fused-ring (bicyclic) bond motifs is 1. The summed E-state index contributed by atoms with van der Waals surface area (Å²) in [5.41, 5.74) is 3.63. The number of hydrogen-bond acceptors (Lipinski definition) is 2. The summed E-state index contributed by atoms with van der Waals surface area (Å²) in [6, 6.07) is 8.05. The Balaban J connectivity index is 1.94. The monoisotopic (exact) mass is 270 g/mol. The first-order valence-corrected chi connectivity index (χ1v) is 7.60. The van der Waals surface area contributed by atoms with E-state index >= 15 is 0 Å². The number of rotatable bonds is 2. The molecule has 0 aliphatic heterocycles. The van der Waals surface area contributed by atoms with Crippen LogP contribution in [-0.4, -0.2) is 12.9 Å². The lowest BCUT2D eigenvalue weighted by atomic mass is 9.82. The molecule has 3 rings (SSSR count). The summed E-state index contributed by atoms with van der Waals surface area (Å²) in [7, 11) is 1.67. The molecule has 2 nitrogen and oxygen atoms in total. The normalized spacial score (nSPS) is 26.4. The third-order valence-electron chi connectivity index (χ3n) is 4.92. The number of Topliss-reactive ketones (excluding diaryl/α,β-unsaturated/α-hetero) is 1. The van der Waals surface area contributed by atoms with Crippen LogP contribution < -0.4 is 4.74 Å². The maximum absolute atomic E-state index is 12.6. The van der Waals surface area contributed by atoms with Crippen molar-refractivity contribution < 1.29 is 9.53 Å². The summed E-state index contributed by atoms with van der Waals surface area (Å²) in [6.45, 7) is 2.03. The first kappa shape index (κ1) is 13.4.